The molecule has 0 atom stereocenters. The van der Waals surface area contributed by atoms with Gasteiger partial charge in [-0.1, -0.05) is 30.3 Å². The van der Waals surface area contributed by atoms with Gasteiger partial charge in [0.2, 0.25) is 0 Å². The molecule has 90 valence electrons. The number of nitrogens with one attached hydrogen (secondary N) is 1. The van der Waals surface area contributed by atoms with E-state index in [0.29, 0.717) is 5.16 Å². The van der Waals surface area contributed by atoms with E-state index < -0.39 is 11.4 Å². The standard InChI is InChI=1S/C9H6BrClFN3OS/c1-2-17-9-13-5-3(8(16)15-9)6(10)14-7(11)4(5)12/h2H2,1H3,(H,13,15,16). The van der Waals surface area contributed by atoms with Crippen molar-refractivity contribution in [3.63, 3.8) is 0 Å². The largest absolute Gasteiger partial charge is 0.301 e. The Morgan fingerprint density at radius 1 is 1.53 bits per heavy atom. The van der Waals surface area contributed by atoms with Crippen LogP contribution in [-0.2, 0) is 0 Å². The van der Waals surface area contributed by atoms with Crippen molar-refractivity contribution in [1.82, 2.24) is 15.0 Å². The van der Waals surface area contributed by atoms with Gasteiger partial charge in [-0.25, -0.2) is 14.4 Å². The third kappa shape index (κ3) is 2.31. The molecule has 0 fully saturated rings. The number of H-pyrrole nitrogens is 1. The Morgan fingerprint density at radius 2 is 2.24 bits per heavy atom. The Hall–Kier alpha value is -0.660. The molecule has 2 aromatic heterocycles. The van der Waals surface area contributed by atoms with Gasteiger partial charge in [0.1, 0.15) is 15.5 Å². The second-order valence-corrected chi connectivity index (χ2v) is 5.40. The van der Waals surface area contributed by atoms with Crippen LogP contribution in [0, 0.1) is 5.82 Å². The van der Waals surface area contributed by atoms with Crippen molar-refractivity contribution >= 4 is 50.2 Å². The normalized spacial score (nSPS) is 11.1. The van der Waals surface area contributed by atoms with Gasteiger partial charge in [0, 0.05) is 0 Å². The molecule has 17 heavy (non-hydrogen) atoms. The highest BCUT2D eigenvalue weighted by Crippen LogP contribution is 2.26. The molecule has 0 aliphatic heterocycles. The number of fused-ring (bicyclic) bond motifs is 1. The molecule has 2 rings (SSSR count). The molecule has 4 nitrogen and oxygen atoms in total. The van der Waals surface area contributed by atoms with Crippen LogP contribution < -0.4 is 5.56 Å². The maximum atomic E-state index is 13.7. The number of pyridine rings is 1. The maximum absolute atomic E-state index is 13.7. The summed E-state index contributed by atoms with van der Waals surface area (Å²) in [5.74, 6) is -0.0651. The first-order valence-corrected chi connectivity index (χ1v) is 6.77. The predicted molar refractivity (Wildman–Crippen MR) is 69.2 cm³/mol. The molecule has 0 spiro atoms. The van der Waals surface area contributed by atoms with E-state index in [0.717, 1.165) is 5.75 Å². The number of thioether (sulfide) groups is 1. The summed E-state index contributed by atoms with van der Waals surface area (Å²) in [6.07, 6.45) is 0. The van der Waals surface area contributed by atoms with E-state index in [2.05, 4.69) is 30.9 Å². The number of nitrogens with zero attached hydrogens (tertiary/aromatic N) is 2. The SMILES string of the molecule is CCSc1nc2c(F)c(Cl)nc(Br)c2c(=O)[nH]1. The Kier molecular flexibility index (Phi) is 3.70. The summed E-state index contributed by atoms with van der Waals surface area (Å²) in [7, 11) is 0. The van der Waals surface area contributed by atoms with E-state index in [-0.39, 0.29) is 20.7 Å². The summed E-state index contributed by atoms with van der Waals surface area (Å²) in [5, 5.41) is 0.111. The van der Waals surface area contributed by atoms with E-state index in [1.165, 1.54) is 11.8 Å². The molecule has 0 aliphatic carbocycles. The zero-order valence-corrected chi connectivity index (χ0v) is 11.7. The Balaban J connectivity index is 2.86. The molecular formula is C9H6BrClFN3OS. The second kappa shape index (κ2) is 4.91. The van der Waals surface area contributed by atoms with Gasteiger partial charge in [-0.15, -0.1) is 0 Å². The average Bonchev–Trinajstić information content (AvgIpc) is 2.25. The first-order valence-electron chi connectivity index (χ1n) is 4.62. The predicted octanol–water partition coefficient (Wildman–Crippen LogP) is 2.99. The lowest BCUT2D eigenvalue weighted by molar-refractivity contribution is 0.628. The van der Waals surface area contributed by atoms with Crippen LogP contribution in [0.15, 0.2) is 14.6 Å². The Bertz CT molecular complexity index is 648. The van der Waals surface area contributed by atoms with Crippen LogP contribution in [0.2, 0.25) is 5.15 Å². The van der Waals surface area contributed by atoms with Crippen LogP contribution in [0.1, 0.15) is 6.92 Å². The van der Waals surface area contributed by atoms with Crippen LogP contribution in [0.25, 0.3) is 10.9 Å². The smallest absolute Gasteiger partial charge is 0.262 e. The lowest BCUT2D eigenvalue weighted by Gasteiger charge is -2.04. The summed E-state index contributed by atoms with van der Waals surface area (Å²) in [6, 6.07) is 0. The zero-order chi connectivity index (χ0) is 12.6. The van der Waals surface area contributed by atoms with E-state index in [4.69, 9.17) is 11.6 Å². The number of halogens is 3. The van der Waals surface area contributed by atoms with Crippen molar-refractivity contribution in [3.05, 3.63) is 25.9 Å². The van der Waals surface area contributed by atoms with Gasteiger partial charge in [0.15, 0.2) is 16.1 Å². The minimum absolute atomic E-state index is 0.0624. The number of rotatable bonds is 2. The summed E-state index contributed by atoms with van der Waals surface area (Å²) in [6.45, 7) is 1.90. The molecule has 0 unspecified atom stereocenters. The molecule has 8 heteroatoms. The van der Waals surface area contributed by atoms with Crippen LogP contribution in [0.4, 0.5) is 4.39 Å². The minimum atomic E-state index is -0.783. The van der Waals surface area contributed by atoms with Crippen molar-refractivity contribution in [1.29, 1.82) is 0 Å². The number of hydrogen-bond donors (Lipinski definition) is 1. The summed E-state index contributed by atoms with van der Waals surface area (Å²) < 4.78 is 13.9. The van der Waals surface area contributed by atoms with Crippen molar-refractivity contribution in [3.8, 4) is 0 Å². The molecule has 0 aromatic carbocycles. The fraction of sp³-hybridized carbons (Fsp3) is 0.222. The third-order valence-corrected chi connectivity index (χ3v) is 3.55. The monoisotopic (exact) mass is 337 g/mol. The van der Waals surface area contributed by atoms with Gasteiger partial charge in [-0.3, -0.25) is 4.79 Å². The van der Waals surface area contributed by atoms with Gasteiger partial charge in [0.25, 0.3) is 5.56 Å². The van der Waals surface area contributed by atoms with E-state index >= 15 is 0 Å². The van der Waals surface area contributed by atoms with Gasteiger partial charge in [-0.2, -0.15) is 0 Å². The topological polar surface area (TPSA) is 58.6 Å². The molecule has 0 amide bonds. The third-order valence-electron chi connectivity index (χ3n) is 1.97. The quantitative estimate of drug-likeness (QED) is 0.519. The first kappa shape index (κ1) is 12.8. The molecule has 0 saturated heterocycles. The molecule has 0 aliphatic rings. The first-order chi connectivity index (χ1) is 8.04. The number of aromatic amines is 1. The number of aromatic nitrogens is 3. The molecule has 2 heterocycles. The van der Waals surface area contributed by atoms with Gasteiger partial charge in [0.05, 0.1) is 0 Å². The highest BCUT2D eigenvalue weighted by molar-refractivity contribution is 9.10. The fourth-order valence-electron chi connectivity index (χ4n) is 1.30. The van der Waals surface area contributed by atoms with E-state index in [1.807, 2.05) is 6.92 Å². The maximum Gasteiger partial charge on any atom is 0.262 e. The van der Waals surface area contributed by atoms with E-state index in [1.54, 1.807) is 0 Å². The molecule has 1 N–H and O–H groups in total. The van der Waals surface area contributed by atoms with Crippen LogP contribution >= 0.6 is 39.3 Å². The second-order valence-electron chi connectivity index (χ2n) is 3.04. The van der Waals surface area contributed by atoms with Crippen molar-refractivity contribution in [2.75, 3.05) is 5.75 Å². The van der Waals surface area contributed by atoms with E-state index in [9.17, 15) is 9.18 Å². The van der Waals surface area contributed by atoms with Crippen LogP contribution in [0.3, 0.4) is 0 Å². The molecule has 2 aromatic rings. The summed E-state index contributed by atoms with van der Waals surface area (Å²) >= 11 is 9.98. The van der Waals surface area contributed by atoms with Crippen molar-refractivity contribution < 1.29 is 4.39 Å². The van der Waals surface area contributed by atoms with Crippen LogP contribution in [0.5, 0.6) is 0 Å². The molecule has 0 bridgehead atoms. The highest BCUT2D eigenvalue weighted by Gasteiger charge is 2.16. The van der Waals surface area contributed by atoms with Gasteiger partial charge in [-0.05, 0) is 21.7 Å². The average molecular weight is 339 g/mol. The summed E-state index contributed by atoms with van der Waals surface area (Å²) in [4.78, 5) is 22.0. The van der Waals surface area contributed by atoms with Gasteiger partial charge >= 0.3 is 0 Å². The Morgan fingerprint density at radius 3 is 2.88 bits per heavy atom. The minimum Gasteiger partial charge on any atom is -0.301 e. The summed E-state index contributed by atoms with van der Waals surface area (Å²) in [5.41, 5.74) is -0.516. The molecule has 0 radical (unpaired) electrons. The zero-order valence-electron chi connectivity index (χ0n) is 8.55. The Labute approximate surface area is 113 Å². The lowest BCUT2D eigenvalue weighted by atomic mass is 10.3. The van der Waals surface area contributed by atoms with Crippen LogP contribution in [-0.4, -0.2) is 20.7 Å². The molecule has 0 saturated carbocycles. The highest BCUT2D eigenvalue weighted by atomic mass is 79.9. The lowest BCUT2D eigenvalue weighted by Crippen LogP contribution is -2.12. The van der Waals surface area contributed by atoms with Gasteiger partial charge < -0.3 is 4.98 Å². The molecular weight excluding hydrogens is 333 g/mol. The fourth-order valence-corrected chi connectivity index (χ4v) is 2.71. The number of hydrogen-bond acceptors (Lipinski definition) is 4. The van der Waals surface area contributed by atoms with Crippen molar-refractivity contribution in [2.45, 2.75) is 12.1 Å². The van der Waals surface area contributed by atoms with Crippen molar-refractivity contribution in [2.24, 2.45) is 0 Å².